The number of carbonyl (C=O) groups excluding carboxylic acids is 1. The van der Waals surface area contributed by atoms with Crippen LogP contribution >= 0.6 is 0 Å². The Morgan fingerprint density at radius 2 is 2.29 bits per heavy atom. The number of nitrogens with zero attached hydrogens (tertiary/aromatic N) is 3. The molecule has 2 N–H and O–H groups in total. The van der Waals surface area contributed by atoms with E-state index in [-0.39, 0.29) is 17.4 Å². The molecule has 1 amide bonds. The summed E-state index contributed by atoms with van der Waals surface area (Å²) >= 11 is 0. The minimum absolute atomic E-state index is 0.103. The molecule has 0 aliphatic carbocycles. The number of rotatable bonds is 6. The van der Waals surface area contributed by atoms with Gasteiger partial charge in [-0.2, -0.15) is 5.10 Å². The summed E-state index contributed by atoms with van der Waals surface area (Å²) in [6, 6.07) is 2.78. The lowest BCUT2D eigenvalue weighted by Gasteiger charge is -2.04. The molecule has 0 aromatic carbocycles. The van der Waals surface area contributed by atoms with Gasteiger partial charge in [-0.25, -0.2) is 4.57 Å². The number of hydrogen-bond donors (Lipinski definition) is 2. The van der Waals surface area contributed by atoms with Crippen LogP contribution in [0.5, 0.6) is 0 Å². The van der Waals surface area contributed by atoms with Gasteiger partial charge in [0, 0.05) is 18.3 Å². The first-order chi connectivity index (χ1) is 10.0. The highest BCUT2D eigenvalue weighted by Crippen LogP contribution is 2.14. The average Bonchev–Trinajstić information content (AvgIpc) is 3.01. The predicted octanol–water partition coefficient (Wildman–Crippen LogP) is 1.33. The molecule has 8 nitrogen and oxygen atoms in total. The van der Waals surface area contributed by atoms with Crippen LogP contribution in [0, 0.1) is 17.0 Å². The number of nitrogens with one attached hydrogen (secondary N) is 2. The normalized spacial score (nSPS) is 10.6. The van der Waals surface area contributed by atoms with E-state index >= 15 is 0 Å². The molecule has 2 rings (SSSR count). The Morgan fingerprint density at radius 1 is 1.52 bits per heavy atom. The van der Waals surface area contributed by atoms with Crippen LogP contribution in [0.3, 0.4) is 0 Å². The second-order valence-corrected chi connectivity index (χ2v) is 4.77. The fourth-order valence-corrected chi connectivity index (χ4v) is 2.11. The van der Waals surface area contributed by atoms with E-state index in [9.17, 15) is 14.9 Å². The molecule has 2 heterocycles. The number of hydrogen-bond acceptors (Lipinski definition) is 4. The van der Waals surface area contributed by atoms with Gasteiger partial charge < -0.3 is 15.4 Å². The van der Waals surface area contributed by atoms with Gasteiger partial charge in [0.1, 0.15) is 0 Å². The molecule has 112 valence electrons. The summed E-state index contributed by atoms with van der Waals surface area (Å²) in [4.78, 5) is 22.2. The van der Waals surface area contributed by atoms with Crippen molar-refractivity contribution in [3.05, 3.63) is 45.4 Å². The summed E-state index contributed by atoms with van der Waals surface area (Å²) < 4.78 is 1.27. The maximum Gasteiger partial charge on any atom is 0.323 e. The summed E-state index contributed by atoms with van der Waals surface area (Å²) in [5, 5.41) is 20.3. The fourth-order valence-electron chi connectivity index (χ4n) is 2.11. The van der Waals surface area contributed by atoms with Crippen LogP contribution in [0.25, 0.3) is 0 Å². The van der Waals surface area contributed by atoms with Gasteiger partial charge in [0.15, 0.2) is 5.69 Å². The van der Waals surface area contributed by atoms with Crippen molar-refractivity contribution in [1.82, 2.24) is 20.1 Å². The van der Waals surface area contributed by atoms with Crippen molar-refractivity contribution in [3.8, 4) is 0 Å². The Balaban J connectivity index is 1.85. The van der Waals surface area contributed by atoms with E-state index in [1.54, 1.807) is 6.20 Å². The molecule has 0 saturated carbocycles. The number of nitro groups is 1. The zero-order valence-corrected chi connectivity index (χ0v) is 11.9. The monoisotopic (exact) mass is 291 g/mol. The van der Waals surface area contributed by atoms with Crippen LogP contribution in [0.4, 0.5) is 5.82 Å². The molecule has 0 aliphatic heterocycles. The quantitative estimate of drug-likeness (QED) is 0.475. The summed E-state index contributed by atoms with van der Waals surface area (Å²) in [5.74, 6) is -0.413. The van der Waals surface area contributed by atoms with Gasteiger partial charge in [-0.15, -0.1) is 0 Å². The minimum Gasteiger partial charge on any atom is -0.358 e. The van der Waals surface area contributed by atoms with Gasteiger partial charge in [0.05, 0.1) is 13.2 Å². The number of aromatic amines is 1. The van der Waals surface area contributed by atoms with E-state index in [4.69, 9.17) is 0 Å². The van der Waals surface area contributed by atoms with Crippen molar-refractivity contribution in [1.29, 1.82) is 0 Å². The van der Waals surface area contributed by atoms with E-state index in [1.165, 1.54) is 23.7 Å². The van der Waals surface area contributed by atoms with E-state index in [0.717, 1.165) is 24.1 Å². The third-order valence-corrected chi connectivity index (χ3v) is 3.36. The van der Waals surface area contributed by atoms with Crippen LogP contribution in [0.1, 0.15) is 28.2 Å². The average molecular weight is 291 g/mol. The van der Waals surface area contributed by atoms with Crippen molar-refractivity contribution >= 4 is 11.7 Å². The van der Waals surface area contributed by atoms with E-state index in [0.29, 0.717) is 6.54 Å². The summed E-state index contributed by atoms with van der Waals surface area (Å²) in [6.07, 6.45) is 3.37. The zero-order valence-electron chi connectivity index (χ0n) is 11.9. The number of aryl methyl sites for hydroxylation is 2. The number of carbonyl (C=O) groups is 1. The number of amides is 1. The molecule has 0 bridgehead atoms. The summed E-state index contributed by atoms with van der Waals surface area (Å²) in [6.45, 7) is 2.45. The van der Waals surface area contributed by atoms with Crippen LogP contribution < -0.4 is 5.32 Å². The molecule has 8 heteroatoms. The molecule has 2 aromatic heterocycles. The first-order valence-electron chi connectivity index (χ1n) is 6.58. The molecule has 0 unspecified atom stereocenters. The molecule has 0 radical (unpaired) electrons. The van der Waals surface area contributed by atoms with Crippen LogP contribution in [-0.4, -0.2) is 32.1 Å². The highest BCUT2D eigenvalue weighted by molar-refractivity contribution is 5.93. The Kier molecular flexibility index (Phi) is 4.36. The van der Waals surface area contributed by atoms with Crippen LogP contribution in [0.2, 0.25) is 0 Å². The highest BCUT2D eigenvalue weighted by atomic mass is 16.6. The van der Waals surface area contributed by atoms with Crippen LogP contribution in [-0.2, 0) is 13.5 Å². The van der Waals surface area contributed by atoms with E-state index in [1.807, 2.05) is 6.92 Å². The van der Waals surface area contributed by atoms with Gasteiger partial charge in [-0.3, -0.25) is 9.89 Å². The van der Waals surface area contributed by atoms with Crippen molar-refractivity contribution in [3.63, 3.8) is 0 Å². The molecule has 0 atom stereocenters. The van der Waals surface area contributed by atoms with Gasteiger partial charge in [-0.05, 0) is 36.3 Å². The summed E-state index contributed by atoms with van der Waals surface area (Å²) in [7, 11) is 1.50. The first kappa shape index (κ1) is 14.8. The molecular weight excluding hydrogens is 274 g/mol. The highest BCUT2D eigenvalue weighted by Gasteiger charge is 2.19. The zero-order chi connectivity index (χ0) is 15.4. The topological polar surface area (TPSA) is 106 Å². The van der Waals surface area contributed by atoms with Gasteiger partial charge in [0.25, 0.3) is 5.91 Å². The maximum atomic E-state index is 12.0. The molecule has 0 saturated heterocycles. The van der Waals surface area contributed by atoms with Gasteiger partial charge >= 0.3 is 5.82 Å². The molecule has 0 spiro atoms. The predicted molar refractivity (Wildman–Crippen MR) is 76.0 cm³/mol. The lowest BCUT2D eigenvalue weighted by molar-refractivity contribution is -0.391. The second kappa shape index (κ2) is 6.21. The fraction of sp³-hybridized carbons (Fsp3) is 0.385. The second-order valence-electron chi connectivity index (χ2n) is 4.77. The first-order valence-corrected chi connectivity index (χ1v) is 6.58. The van der Waals surface area contributed by atoms with E-state index < -0.39 is 4.92 Å². The lowest BCUT2D eigenvalue weighted by atomic mass is 10.1. The van der Waals surface area contributed by atoms with Crippen LogP contribution in [0.15, 0.2) is 18.3 Å². The van der Waals surface area contributed by atoms with Gasteiger partial charge in [0.2, 0.25) is 0 Å². The third-order valence-electron chi connectivity index (χ3n) is 3.36. The lowest BCUT2D eigenvalue weighted by Crippen LogP contribution is -2.26. The van der Waals surface area contributed by atoms with Crippen molar-refractivity contribution in [2.24, 2.45) is 7.05 Å². The molecule has 0 fully saturated rings. The van der Waals surface area contributed by atoms with Gasteiger partial charge in [-0.1, -0.05) is 0 Å². The number of H-pyrrole nitrogens is 1. The van der Waals surface area contributed by atoms with Crippen molar-refractivity contribution < 1.29 is 9.72 Å². The Bertz CT molecular complexity index is 659. The smallest absolute Gasteiger partial charge is 0.323 e. The summed E-state index contributed by atoms with van der Waals surface area (Å²) in [5.41, 5.74) is 2.43. The maximum absolute atomic E-state index is 12.0. The van der Waals surface area contributed by atoms with E-state index in [2.05, 4.69) is 15.5 Å². The van der Waals surface area contributed by atoms with Crippen molar-refractivity contribution in [2.45, 2.75) is 19.8 Å². The Hall–Kier alpha value is -2.64. The number of aromatic nitrogens is 3. The Morgan fingerprint density at radius 3 is 2.86 bits per heavy atom. The van der Waals surface area contributed by atoms with Crippen molar-refractivity contribution in [2.75, 3.05) is 6.54 Å². The molecule has 2 aromatic rings. The SMILES string of the molecule is Cc1[nH]ncc1CCCNC(=O)c1ccc([N+](=O)[O-])n1C. The molecule has 0 aliphatic rings. The standard InChI is InChI=1S/C13H17N5O3/c1-9-10(8-15-16-9)4-3-7-14-13(19)11-5-6-12(17(11)2)18(20)21/h5-6,8H,3-4,7H2,1-2H3,(H,14,19)(H,15,16). The molecule has 21 heavy (non-hydrogen) atoms. The largest absolute Gasteiger partial charge is 0.358 e. The Labute approximate surface area is 121 Å². The molecular formula is C13H17N5O3. The third kappa shape index (κ3) is 3.28. The minimum atomic E-state index is -0.515.